The van der Waals surface area contributed by atoms with Gasteiger partial charge < -0.3 is 15.4 Å². The molecule has 2 aromatic carbocycles. The predicted molar refractivity (Wildman–Crippen MR) is 110 cm³/mol. The van der Waals surface area contributed by atoms with E-state index >= 15 is 0 Å². The molecule has 0 radical (unpaired) electrons. The molecule has 152 valence electrons. The van der Waals surface area contributed by atoms with Gasteiger partial charge in [-0.1, -0.05) is 18.2 Å². The summed E-state index contributed by atoms with van der Waals surface area (Å²) in [7, 11) is 0. The Hall–Kier alpha value is -3.32. The summed E-state index contributed by atoms with van der Waals surface area (Å²) < 4.78 is 34.6. The van der Waals surface area contributed by atoms with E-state index in [1.165, 1.54) is 24.3 Å². The third-order valence-electron chi connectivity index (χ3n) is 5.64. The monoisotopic (exact) mass is 407 g/mol. The van der Waals surface area contributed by atoms with Crippen LogP contribution < -0.4 is 10.6 Å². The second kappa shape index (κ2) is 7.50. The van der Waals surface area contributed by atoms with Crippen molar-refractivity contribution in [1.82, 2.24) is 5.32 Å². The van der Waals surface area contributed by atoms with Crippen molar-refractivity contribution >= 4 is 17.8 Å². The smallest absolute Gasteiger partial charge is 0.254 e. The Kier molecular flexibility index (Phi) is 4.67. The van der Waals surface area contributed by atoms with Crippen molar-refractivity contribution in [3.8, 4) is 11.1 Å². The quantitative estimate of drug-likeness (QED) is 0.807. The van der Waals surface area contributed by atoms with Crippen LogP contribution in [0.15, 0.2) is 71.0 Å². The molecule has 1 fully saturated rings. The molecule has 1 amide bonds. The van der Waals surface area contributed by atoms with Gasteiger partial charge in [-0.25, -0.2) is 8.78 Å². The lowest BCUT2D eigenvalue weighted by Crippen LogP contribution is -2.36. The maximum atomic E-state index is 14.7. The highest BCUT2D eigenvalue weighted by atomic mass is 19.1. The van der Waals surface area contributed by atoms with Crippen LogP contribution in [0.25, 0.3) is 11.1 Å². The molecule has 5 nitrogen and oxygen atoms in total. The molecule has 0 saturated carbocycles. The minimum Gasteiger partial charge on any atom is -0.378 e. The van der Waals surface area contributed by atoms with Crippen molar-refractivity contribution in [2.24, 2.45) is 4.99 Å². The summed E-state index contributed by atoms with van der Waals surface area (Å²) in [5.41, 5.74) is 2.07. The Morgan fingerprint density at radius 2 is 1.87 bits per heavy atom. The van der Waals surface area contributed by atoms with Crippen LogP contribution in [0.4, 0.5) is 14.5 Å². The molecule has 0 spiro atoms. The van der Waals surface area contributed by atoms with E-state index in [9.17, 15) is 13.6 Å². The van der Waals surface area contributed by atoms with Gasteiger partial charge >= 0.3 is 0 Å². The van der Waals surface area contributed by atoms with E-state index in [1.54, 1.807) is 36.8 Å². The molecule has 3 aliphatic rings. The summed E-state index contributed by atoms with van der Waals surface area (Å²) in [6.07, 6.45) is 6.37. The Bertz CT molecular complexity index is 1110. The number of fused-ring (bicyclic) bond motifs is 2. The first kappa shape index (κ1) is 18.7. The summed E-state index contributed by atoms with van der Waals surface area (Å²) in [6, 6.07) is 10.0. The number of carbonyl (C=O) groups is 1. The molecular formula is C23H19F2N3O2. The van der Waals surface area contributed by atoms with Crippen LogP contribution in [0.2, 0.25) is 0 Å². The fourth-order valence-electron chi connectivity index (χ4n) is 4.31. The van der Waals surface area contributed by atoms with Crippen molar-refractivity contribution in [3.63, 3.8) is 0 Å². The number of amides is 1. The number of nitrogens with zero attached hydrogens (tertiary/aromatic N) is 1. The highest BCUT2D eigenvalue weighted by Gasteiger charge is 2.45. The summed E-state index contributed by atoms with van der Waals surface area (Å²) in [5, 5.41) is 5.96. The molecule has 0 aromatic heterocycles. The normalized spacial score (nSPS) is 24.3. The van der Waals surface area contributed by atoms with Gasteiger partial charge in [0.25, 0.3) is 5.91 Å². The maximum absolute atomic E-state index is 14.7. The molecule has 0 aliphatic carbocycles. The fourth-order valence-corrected chi connectivity index (χ4v) is 4.31. The highest BCUT2D eigenvalue weighted by Crippen LogP contribution is 2.41. The number of hydrogen-bond donors (Lipinski definition) is 2. The highest BCUT2D eigenvalue weighted by molar-refractivity contribution is 6.06. The minimum absolute atomic E-state index is 0.119. The first-order valence-corrected chi connectivity index (χ1v) is 9.81. The van der Waals surface area contributed by atoms with Crippen LogP contribution in [0, 0.1) is 11.6 Å². The van der Waals surface area contributed by atoms with Gasteiger partial charge in [-0.05, 0) is 42.7 Å². The minimum atomic E-state index is -0.609. The standard InChI is InChI=1S/C23H19F2N3O2/c24-16-4-2-1-3-14(16)15-6-5-13(11-17(15)25)28-23(29)22-20-8-7-19(30-20)21(22)18-12-26-9-10-27-18/h1-6,9-12,18-20,27H,7-8H2,(H,28,29). The third-order valence-corrected chi connectivity index (χ3v) is 5.64. The fraction of sp³-hybridized carbons (Fsp3) is 0.217. The average Bonchev–Trinajstić information content (AvgIpc) is 3.37. The summed E-state index contributed by atoms with van der Waals surface area (Å²) in [6.45, 7) is 0. The molecule has 3 atom stereocenters. The number of anilines is 1. The van der Waals surface area contributed by atoms with Crippen LogP contribution >= 0.6 is 0 Å². The second-order valence-corrected chi connectivity index (χ2v) is 7.45. The zero-order valence-corrected chi connectivity index (χ0v) is 15.9. The van der Waals surface area contributed by atoms with E-state index in [-0.39, 0.29) is 35.3 Å². The van der Waals surface area contributed by atoms with Gasteiger partial charge in [-0.3, -0.25) is 9.79 Å². The SMILES string of the molecule is O=C(Nc1ccc(-c2ccccc2F)c(F)c1)C1=C(C2C=NC=CN2)C2CCC1O2. The van der Waals surface area contributed by atoms with E-state index in [0.717, 1.165) is 18.4 Å². The Morgan fingerprint density at radius 1 is 1.07 bits per heavy atom. The van der Waals surface area contributed by atoms with Gasteiger partial charge in [0.2, 0.25) is 0 Å². The number of hydrogen-bond acceptors (Lipinski definition) is 4. The molecule has 5 rings (SSSR count). The lowest BCUT2D eigenvalue weighted by molar-refractivity contribution is -0.113. The molecule has 3 unspecified atom stereocenters. The lowest BCUT2D eigenvalue weighted by atomic mass is 9.87. The number of rotatable bonds is 4. The number of carbonyl (C=O) groups excluding carboxylic acids is 1. The molecule has 3 aliphatic heterocycles. The number of ether oxygens (including phenoxy) is 1. The summed E-state index contributed by atoms with van der Waals surface area (Å²) >= 11 is 0. The van der Waals surface area contributed by atoms with Crippen molar-refractivity contribution in [3.05, 3.63) is 77.6 Å². The van der Waals surface area contributed by atoms with E-state index in [1.807, 2.05) is 0 Å². The van der Waals surface area contributed by atoms with Gasteiger partial charge in [-0.2, -0.15) is 0 Å². The number of aliphatic imine (C=N–C) groups is 1. The van der Waals surface area contributed by atoms with E-state index in [0.29, 0.717) is 11.3 Å². The van der Waals surface area contributed by atoms with Gasteiger partial charge in [0, 0.05) is 35.4 Å². The molecule has 30 heavy (non-hydrogen) atoms. The predicted octanol–water partition coefficient (Wildman–Crippen LogP) is 3.94. The molecule has 1 saturated heterocycles. The second-order valence-electron chi connectivity index (χ2n) is 7.45. The van der Waals surface area contributed by atoms with Crippen molar-refractivity contribution < 1.29 is 18.3 Å². The maximum Gasteiger partial charge on any atom is 0.254 e. The Balaban J connectivity index is 1.42. The van der Waals surface area contributed by atoms with Crippen molar-refractivity contribution in [2.45, 2.75) is 31.1 Å². The Morgan fingerprint density at radius 3 is 2.63 bits per heavy atom. The Labute approximate surface area is 172 Å². The molecule has 2 bridgehead atoms. The number of nitrogens with one attached hydrogen (secondary N) is 2. The zero-order chi connectivity index (χ0) is 20.7. The zero-order valence-electron chi connectivity index (χ0n) is 15.9. The first-order chi connectivity index (χ1) is 14.6. The molecule has 2 aromatic rings. The van der Waals surface area contributed by atoms with Crippen LogP contribution in [-0.2, 0) is 9.53 Å². The van der Waals surface area contributed by atoms with Gasteiger partial charge in [0.1, 0.15) is 11.6 Å². The number of halogens is 2. The molecule has 3 heterocycles. The largest absolute Gasteiger partial charge is 0.378 e. The van der Waals surface area contributed by atoms with Crippen LogP contribution in [0.1, 0.15) is 12.8 Å². The first-order valence-electron chi connectivity index (χ1n) is 9.81. The van der Waals surface area contributed by atoms with Gasteiger partial charge in [0.15, 0.2) is 0 Å². The number of benzene rings is 2. The average molecular weight is 407 g/mol. The van der Waals surface area contributed by atoms with Crippen LogP contribution in [0.3, 0.4) is 0 Å². The van der Waals surface area contributed by atoms with Crippen molar-refractivity contribution in [1.29, 1.82) is 0 Å². The summed E-state index contributed by atoms with van der Waals surface area (Å²) in [4.78, 5) is 17.2. The topological polar surface area (TPSA) is 62.7 Å². The molecule has 7 heteroatoms. The van der Waals surface area contributed by atoms with E-state index in [2.05, 4.69) is 15.6 Å². The van der Waals surface area contributed by atoms with E-state index < -0.39 is 11.6 Å². The molecule has 2 N–H and O–H groups in total. The third kappa shape index (κ3) is 3.21. The van der Waals surface area contributed by atoms with Gasteiger partial charge in [0.05, 0.1) is 23.8 Å². The van der Waals surface area contributed by atoms with Crippen LogP contribution in [-0.4, -0.2) is 30.4 Å². The summed E-state index contributed by atoms with van der Waals surface area (Å²) in [5.74, 6) is -1.43. The van der Waals surface area contributed by atoms with Gasteiger partial charge in [-0.15, -0.1) is 0 Å². The lowest BCUT2D eigenvalue weighted by Gasteiger charge is -2.23. The van der Waals surface area contributed by atoms with E-state index in [4.69, 9.17) is 4.74 Å². The molecular weight excluding hydrogens is 388 g/mol. The van der Waals surface area contributed by atoms with Crippen molar-refractivity contribution in [2.75, 3.05) is 5.32 Å². The van der Waals surface area contributed by atoms with Crippen LogP contribution in [0.5, 0.6) is 0 Å².